The number of likely N-dealkylation sites (tertiary alicyclic amines) is 1. The monoisotopic (exact) mass is 193 g/mol. The highest BCUT2D eigenvalue weighted by atomic mass is 15.2. The fourth-order valence-corrected chi connectivity index (χ4v) is 2.25. The lowest BCUT2D eigenvalue weighted by molar-refractivity contribution is -0.572. The molecule has 2 rings (SSSR count). The second kappa shape index (κ2) is 3.41. The summed E-state index contributed by atoms with van der Waals surface area (Å²) in [6.07, 6.45) is 8.43. The van der Waals surface area contributed by atoms with E-state index in [-0.39, 0.29) is 5.54 Å². The summed E-state index contributed by atoms with van der Waals surface area (Å²) in [4.78, 5) is 2.55. The molecule has 0 amide bonds. The van der Waals surface area contributed by atoms with Gasteiger partial charge in [-0.05, 0) is 12.8 Å². The lowest BCUT2D eigenvalue weighted by Crippen LogP contribution is -2.39. The second-order valence-electron chi connectivity index (χ2n) is 5.10. The minimum absolute atomic E-state index is 0.284. The number of rotatable bonds is 1. The Morgan fingerprint density at radius 3 is 2.50 bits per heavy atom. The summed E-state index contributed by atoms with van der Waals surface area (Å²) in [6, 6.07) is 0. The average Bonchev–Trinajstić information content (AvgIpc) is 2.62. The van der Waals surface area contributed by atoms with Crippen molar-refractivity contribution in [2.45, 2.75) is 38.6 Å². The first-order valence-corrected chi connectivity index (χ1v) is 5.61. The second-order valence-corrected chi connectivity index (χ2v) is 5.10. The van der Waals surface area contributed by atoms with Gasteiger partial charge in [-0.25, -0.2) is 4.58 Å². The maximum atomic E-state index is 2.55. The summed E-state index contributed by atoms with van der Waals surface area (Å²) in [7, 11) is 2.16. The molecule has 0 bridgehead atoms. The Morgan fingerprint density at radius 2 is 1.93 bits per heavy atom. The molecule has 0 aromatic rings. The van der Waals surface area contributed by atoms with E-state index >= 15 is 0 Å². The molecular formula is C12H21N2+. The molecule has 2 heteroatoms. The first-order valence-electron chi connectivity index (χ1n) is 5.61. The van der Waals surface area contributed by atoms with Crippen LogP contribution in [-0.4, -0.2) is 41.4 Å². The van der Waals surface area contributed by atoms with E-state index in [9.17, 15) is 0 Å². The molecule has 0 saturated carbocycles. The summed E-state index contributed by atoms with van der Waals surface area (Å²) >= 11 is 0. The molecule has 0 atom stereocenters. The van der Waals surface area contributed by atoms with Gasteiger partial charge in [0.25, 0.3) is 0 Å². The summed E-state index contributed by atoms with van der Waals surface area (Å²) in [6.45, 7) is 7.15. The van der Waals surface area contributed by atoms with Gasteiger partial charge in [0.15, 0.2) is 11.8 Å². The van der Waals surface area contributed by atoms with Crippen LogP contribution in [0.4, 0.5) is 0 Å². The third-order valence-electron chi connectivity index (χ3n) is 3.57. The molecule has 78 valence electrons. The van der Waals surface area contributed by atoms with Gasteiger partial charge in [0.05, 0.1) is 6.42 Å². The zero-order chi connectivity index (χ0) is 10.2. The summed E-state index contributed by atoms with van der Waals surface area (Å²) in [5.74, 6) is 0. The Hall–Kier alpha value is -0.790. The van der Waals surface area contributed by atoms with Crippen LogP contribution < -0.4 is 0 Å². The molecule has 1 fully saturated rings. The lowest BCUT2D eigenvalue weighted by Gasteiger charge is -2.30. The van der Waals surface area contributed by atoms with Crippen molar-refractivity contribution in [2.24, 2.45) is 0 Å². The van der Waals surface area contributed by atoms with Crippen LogP contribution in [-0.2, 0) is 0 Å². The third-order valence-corrected chi connectivity index (χ3v) is 3.57. The molecule has 2 nitrogen and oxygen atoms in total. The van der Waals surface area contributed by atoms with Gasteiger partial charge in [0.1, 0.15) is 7.05 Å². The quantitative estimate of drug-likeness (QED) is 0.576. The van der Waals surface area contributed by atoms with Crippen molar-refractivity contribution in [3.63, 3.8) is 0 Å². The van der Waals surface area contributed by atoms with Gasteiger partial charge in [-0.2, -0.15) is 0 Å². The standard InChI is InChI=1S/C12H21N2/c1-12(2)10-11(6-9-13(12)3)14-7-4-5-8-14/h6,9H,4-5,7-8,10H2,1-3H3/q+1. The fraction of sp³-hybridized carbons (Fsp3) is 0.750. The van der Waals surface area contributed by atoms with Crippen molar-refractivity contribution >= 4 is 6.21 Å². The summed E-state index contributed by atoms with van der Waals surface area (Å²) in [5.41, 5.74) is 1.82. The summed E-state index contributed by atoms with van der Waals surface area (Å²) in [5, 5.41) is 0. The SMILES string of the molecule is C[N+]1=CC=C(N2CCCC2)CC1(C)C. The number of hydrogen-bond donors (Lipinski definition) is 0. The molecule has 2 heterocycles. The van der Waals surface area contributed by atoms with E-state index in [1.165, 1.54) is 38.0 Å². The number of allylic oxidation sites excluding steroid dienone is 1. The maximum Gasteiger partial charge on any atom is 0.165 e. The van der Waals surface area contributed by atoms with Crippen LogP contribution >= 0.6 is 0 Å². The molecule has 2 aliphatic rings. The molecule has 14 heavy (non-hydrogen) atoms. The Balaban J connectivity index is 2.15. The van der Waals surface area contributed by atoms with E-state index in [0.717, 1.165) is 0 Å². The molecule has 0 radical (unpaired) electrons. The predicted molar refractivity (Wildman–Crippen MR) is 59.8 cm³/mol. The Kier molecular flexibility index (Phi) is 2.38. The highest BCUT2D eigenvalue weighted by Crippen LogP contribution is 2.26. The van der Waals surface area contributed by atoms with Crippen molar-refractivity contribution in [2.75, 3.05) is 20.1 Å². The Bertz CT molecular complexity index is 281. The first kappa shape index (κ1) is 9.75. The summed E-state index contributed by atoms with van der Waals surface area (Å²) < 4.78 is 2.31. The van der Waals surface area contributed by atoms with E-state index in [4.69, 9.17) is 0 Å². The molecule has 0 unspecified atom stereocenters. The van der Waals surface area contributed by atoms with E-state index in [0.29, 0.717) is 0 Å². The van der Waals surface area contributed by atoms with Crippen LogP contribution in [0.2, 0.25) is 0 Å². The number of hydrogen-bond acceptors (Lipinski definition) is 1. The van der Waals surface area contributed by atoms with Crippen LogP contribution in [0.3, 0.4) is 0 Å². The van der Waals surface area contributed by atoms with Crippen LogP contribution in [0.25, 0.3) is 0 Å². The van der Waals surface area contributed by atoms with E-state index in [1.807, 2.05) is 0 Å². The van der Waals surface area contributed by atoms with Crippen molar-refractivity contribution in [1.29, 1.82) is 0 Å². The molecule has 0 N–H and O–H groups in total. The predicted octanol–water partition coefficient (Wildman–Crippen LogP) is 1.86. The van der Waals surface area contributed by atoms with Crippen molar-refractivity contribution < 1.29 is 4.58 Å². The lowest BCUT2D eigenvalue weighted by atomic mass is 9.95. The van der Waals surface area contributed by atoms with E-state index < -0.39 is 0 Å². The van der Waals surface area contributed by atoms with E-state index in [1.54, 1.807) is 0 Å². The minimum Gasteiger partial charge on any atom is -0.374 e. The van der Waals surface area contributed by atoms with Gasteiger partial charge in [0.2, 0.25) is 0 Å². The Morgan fingerprint density at radius 1 is 1.29 bits per heavy atom. The topological polar surface area (TPSA) is 6.25 Å². The van der Waals surface area contributed by atoms with Crippen molar-refractivity contribution in [3.8, 4) is 0 Å². The molecule has 0 spiro atoms. The molecule has 0 aromatic heterocycles. The van der Waals surface area contributed by atoms with Crippen molar-refractivity contribution in [3.05, 3.63) is 11.8 Å². The highest BCUT2D eigenvalue weighted by molar-refractivity contribution is 5.68. The van der Waals surface area contributed by atoms with Crippen molar-refractivity contribution in [1.82, 2.24) is 4.90 Å². The minimum atomic E-state index is 0.284. The van der Waals surface area contributed by atoms with Gasteiger partial charge in [-0.1, -0.05) is 0 Å². The van der Waals surface area contributed by atoms with Gasteiger partial charge >= 0.3 is 0 Å². The van der Waals surface area contributed by atoms with Crippen LogP contribution in [0.15, 0.2) is 11.8 Å². The van der Waals surface area contributed by atoms with E-state index in [2.05, 4.69) is 42.7 Å². The average molecular weight is 193 g/mol. The number of nitrogens with zero attached hydrogens (tertiary/aromatic N) is 2. The van der Waals surface area contributed by atoms with Gasteiger partial charge in [-0.3, -0.25) is 0 Å². The first-order chi connectivity index (χ1) is 6.59. The molecule has 0 aromatic carbocycles. The molecule has 0 aliphatic carbocycles. The van der Waals surface area contributed by atoms with Crippen LogP contribution in [0.5, 0.6) is 0 Å². The smallest absolute Gasteiger partial charge is 0.165 e. The molecular weight excluding hydrogens is 172 g/mol. The fourth-order valence-electron chi connectivity index (χ4n) is 2.25. The highest BCUT2D eigenvalue weighted by Gasteiger charge is 2.33. The van der Waals surface area contributed by atoms with Crippen LogP contribution in [0, 0.1) is 0 Å². The molecule has 2 aliphatic heterocycles. The normalized spacial score (nSPS) is 26.1. The van der Waals surface area contributed by atoms with Gasteiger partial charge < -0.3 is 4.90 Å². The van der Waals surface area contributed by atoms with Gasteiger partial charge in [-0.15, -0.1) is 0 Å². The zero-order valence-corrected chi connectivity index (χ0v) is 9.58. The Labute approximate surface area is 86.9 Å². The zero-order valence-electron chi connectivity index (χ0n) is 9.58. The van der Waals surface area contributed by atoms with Crippen LogP contribution in [0.1, 0.15) is 33.1 Å². The maximum absolute atomic E-state index is 2.55. The third kappa shape index (κ3) is 1.70. The van der Waals surface area contributed by atoms with Gasteiger partial charge in [0, 0.05) is 38.7 Å². The molecule has 1 saturated heterocycles. The largest absolute Gasteiger partial charge is 0.374 e.